The molecule has 4 rings (SSSR count). The molecule has 0 spiro atoms. The van der Waals surface area contributed by atoms with Crippen LogP contribution in [-0.4, -0.2) is 32.9 Å². The zero-order valence-corrected chi connectivity index (χ0v) is 14.0. The largest absolute Gasteiger partial charge is 0.376 e. The molecule has 2 aromatic rings. The van der Waals surface area contributed by atoms with Crippen LogP contribution < -0.4 is 0 Å². The molecule has 5 nitrogen and oxygen atoms in total. The minimum atomic E-state index is 0.206. The maximum absolute atomic E-state index is 5.75. The van der Waals surface area contributed by atoms with E-state index in [1.54, 1.807) is 4.80 Å². The van der Waals surface area contributed by atoms with Crippen LogP contribution in [0.4, 0.5) is 0 Å². The Labute approximate surface area is 142 Å². The van der Waals surface area contributed by atoms with Crippen LogP contribution >= 0.6 is 0 Å². The molecule has 2 aliphatic rings. The van der Waals surface area contributed by atoms with Gasteiger partial charge >= 0.3 is 0 Å². The third-order valence-electron chi connectivity index (χ3n) is 4.57. The first-order valence-electron chi connectivity index (χ1n) is 8.80. The number of aromatic nitrogens is 4. The smallest absolute Gasteiger partial charge is 0.205 e. The Hall–Kier alpha value is -2.19. The summed E-state index contributed by atoms with van der Waals surface area (Å²) in [5.41, 5.74) is 3.17. The van der Waals surface area contributed by atoms with Crippen molar-refractivity contribution in [1.29, 1.82) is 0 Å². The molecule has 1 saturated heterocycles. The number of tetrazole rings is 1. The Morgan fingerprint density at radius 1 is 1.25 bits per heavy atom. The number of hydrogen-bond acceptors (Lipinski definition) is 4. The van der Waals surface area contributed by atoms with Crippen LogP contribution in [0, 0.1) is 24.7 Å². The van der Waals surface area contributed by atoms with Gasteiger partial charge in [-0.25, -0.2) is 0 Å². The summed E-state index contributed by atoms with van der Waals surface area (Å²) in [5.74, 6) is 7.83. The highest BCUT2D eigenvalue weighted by atomic mass is 16.5. The normalized spacial score (nSPS) is 20.5. The second-order valence-electron chi connectivity index (χ2n) is 6.73. The first-order valence-corrected chi connectivity index (χ1v) is 8.80. The summed E-state index contributed by atoms with van der Waals surface area (Å²) < 4.78 is 5.75. The molecule has 5 heteroatoms. The fraction of sp³-hybridized carbons (Fsp3) is 0.526. The fourth-order valence-electron chi connectivity index (χ4n) is 2.92. The molecular weight excluding hydrogens is 300 g/mol. The van der Waals surface area contributed by atoms with Crippen LogP contribution in [0.2, 0.25) is 0 Å². The van der Waals surface area contributed by atoms with Crippen molar-refractivity contribution in [2.24, 2.45) is 5.92 Å². The molecule has 2 heterocycles. The summed E-state index contributed by atoms with van der Waals surface area (Å²) >= 11 is 0. The van der Waals surface area contributed by atoms with E-state index in [-0.39, 0.29) is 6.10 Å². The summed E-state index contributed by atoms with van der Waals surface area (Å²) in [5, 5.41) is 13.0. The van der Waals surface area contributed by atoms with E-state index >= 15 is 0 Å². The zero-order valence-electron chi connectivity index (χ0n) is 14.0. The highest BCUT2D eigenvalue weighted by Crippen LogP contribution is 2.28. The van der Waals surface area contributed by atoms with E-state index < -0.39 is 0 Å². The van der Waals surface area contributed by atoms with Crippen LogP contribution in [-0.2, 0) is 11.3 Å². The number of hydrogen-bond donors (Lipinski definition) is 0. The standard InChI is InChI=1S/C19H22N4O/c1-14-5-6-16(10-9-15-7-8-15)12-18(14)19-20-22-23(21-19)13-17-4-2-3-11-24-17/h5-6,12,15,17H,2-4,7-8,11,13H2,1H3/t17-/m1/s1. The van der Waals surface area contributed by atoms with E-state index in [1.807, 2.05) is 0 Å². The van der Waals surface area contributed by atoms with Gasteiger partial charge in [0.05, 0.1) is 12.6 Å². The molecule has 1 aromatic heterocycles. The maximum Gasteiger partial charge on any atom is 0.205 e. The third kappa shape index (κ3) is 3.65. The number of benzene rings is 1. The summed E-state index contributed by atoms with van der Waals surface area (Å²) in [6.45, 7) is 3.58. The van der Waals surface area contributed by atoms with Gasteiger partial charge in [0.1, 0.15) is 0 Å². The molecule has 0 radical (unpaired) electrons. The van der Waals surface area contributed by atoms with Gasteiger partial charge in [-0.3, -0.25) is 0 Å². The van der Waals surface area contributed by atoms with Gasteiger partial charge in [0.2, 0.25) is 5.82 Å². The van der Waals surface area contributed by atoms with Gasteiger partial charge in [-0.15, -0.1) is 10.2 Å². The summed E-state index contributed by atoms with van der Waals surface area (Å²) in [4.78, 5) is 1.66. The lowest BCUT2D eigenvalue weighted by molar-refractivity contribution is 0.00133. The molecule has 1 aromatic carbocycles. The lowest BCUT2D eigenvalue weighted by Gasteiger charge is -2.21. The average molecular weight is 322 g/mol. The Morgan fingerprint density at radius 3 is 2.96 bits per heavy atom. The maximum atomic E-state index is 5.75. The van der Waals surface area contributed by atoms with Crippen LogP contribution in [0.3, 0.4) is 0 Å². The second-order valence-corrected chi connectivity index (χ2v) is 6.73. The molecule has 0 N–H and O–H groups in total. The van der Waals surface area contributed by atoms with E-state index in [0.717, 1.165) is 36.1 Å². The molecule has 24 heavy (non-hydrogen) atoms. The van der Waals surface area contributed by atoms with Crippen LogP contribution in [0.15, 0.2) is 18.2 Å². The first kappa shape index (κ1) is 15.3. The first-order chi connectivity index (χ1) is 11.8. The van der Waals surface area contributed by atoms with E-state index in [9.17, 15) is 0 Å². The monoisotopic (exact) mass is 322 g/mol. The highest BCUT2D eigenvalue weighted by Gasteiger charge is 2.18. The van der Waals surface area contributed by atoms with E-state index in [4.69, 9.17) is 4.74 Å². The summed E-state index contributed by atoms with van der Waals surface area (Å²) in [6.07, 6.45) is 6.13. The molecule has 2 fully saturated rings. The van der Waals surface area contributed by atoms with Gasteiger partial charge in [0, 0.05) is 23.7 Å². The topological polar surface area (TPSA) is 52.8 Å². The number of rotatable bonds is 3. The van der Waals surface area contributed by atoms with Crippen molar-refractivity contribution in [3.05, 3.63) is 29.3 Å². The molecule has 0 amide bonds. The molecule has 0 unspecified atom stereocenters. The molecule has 1 aliphatic carbocycles. The Balaban J connectivity index is 1.52. The van der Waals surface area contributed by atoms with Crippen molar-refractivity contribution < 1.29 is 4.74 Å². The number of nitrogens with zero attached hydrogens (tertiary/aromatic N) is 4. The van der Waals surface area contributed by atoms with Crippen LogP contribution in [0.5, 0.6) is 0 Å². The minimum Gasteiger partial charge on any atom is -0.376 e. The molecule has 1 atom stereocenters. The predicted molar refractivity (Wildman–Crippen MR) is 91.2 cm³/mol. The van der Waals surface area contributed by atoms with Gasteiger partial charge < -0.3 is 4.74 Å². The molecule has 0 bridgehead atoms. The highest BCUT2D eigenvalue weighted by molar-refractivity contribution is 5.62. The third-order valence-corrected chi connectivity index (χ3v) is 4.57. The molecular formula is C19H22N4O. The van der Waals surface area contributed by atoms with Crippen LogP contribution in [0.25, 0.3) is 11.4 Å². The number of ether oxygens (including phenoxy) is 1. The van der Waals surface area contributed by atoms with Gasteiger partial charge in [-0.1, -0.05) is 17.9 Å². The predicted octanol–water partition coefficient (Wildman–Crippen LogP) is 2.98. The van der Waals surface area contributed by atoms with Gasteiger partial charge in [-0.05, 0) is 61.9 Å². The van der Waals surface area contributed by atoms with E-state index in [1.165, 1.54) is 19.3 Å². The Kier molecular flexibility index (Phi) is 4.31. The minimum absolute atomic E-state index is 0.206. The average Bonchev–Trinajstić information content (AvgIpc) is 3.33. The van der Waals surface area contributed by atoms with Gasteiger partial charge in [0.25, 0.3) is 0 Å². The van der Waals surface area contributed by atoms with Crippen molar-refractivity contribution >= 4 is 0 Å². The van der Waals surface area contributed by atoms with Crippen LogP contribution in [0.1, 0.15) is 43.2 Å². The summed E-state index contributed by atoms with van der Waals surface area (Å²) in [6, 6.07) is 6.22. The Bertz CT molecular complexity index is 776. The quantitative estimate of drug-likeness (QED) is 0.815. The molecule has 1 aliphatic heterocycles. The lowest BCUT2D eigenvalue weighted by Crippen LogP contribution is -2.25. The van der Waals surface area contributed by atoms with Gasteiger partial charge in [-0.2, -0.15) is 4.80 Å². The fourth-order valence-corrected chi connectivity index (χ4v) is 2.92. The second kappa shape index (κ2) is 6.74. The zero-order chi connectivity index (χ0) is 16.4. The van der Waals surface area contributed by atoms with E-state index in [2.05, 4.69) is 52.4 Å². The van der Waals surface area contributed by atoms with Crippen molar-refractivity contribution in [1.82, 2.24) is 20.2 Å². The van der Waals surface area contributed by atoms with Crippen molar-refractivity contribution in [3.63, 3.8) is 0 Å². The van der Waals surface area contributed by atoms with Crippen molar-refractivity contribution in [2.75, 3.05) is 6.61 Å². The summed E-state index contributed by atoms with van der Waals surface area (Å²) in [7, 11) is 0. The molecule has 124 valence electrons. The number of aryl methyl sites for hydroxylation is 1. The molecule has 1 saturated carbocycles. The lowest BCUT2D eigenvalue weighted by atomic mass is 10.0. The van der Waals surface area contributed by atoms with Crippen molar-refractivity contribution in [3.8, 4) is 23.2 Å². The van der Waals surface area contributed by atoms with Crippen molar-refractivity contribution in [2.45, 2.75) is 51.7 Å². The van der Waals surface area contributed by atoms with E-state index in [0.29, 0.717) is 18.3 Å². The van der Waals surface area contributed by atoms with Gasteiger partial charge in [0.15, 0.2) is 0 Å². The SMILES string of the molecule is Cc1ccc(C#CC2CC2)cc1-c1nnn(C[C@H]2CCCCO2)n1. The Morgan fingerprint density at radius 2 is 2.17 bits per heavy atom.